The lowest BCUT2D eigenvalue weighted by molar-refractivity contribution is 0.197. The molecule has 1 aliphatic carbocycles. The van der Waals surface area contributed by atoms with E-state index in [9.17, 15) is 0 Å². The van der Waals surface area contributed by atoms with Crippen molar-refractivity contribution in [1.82, 2.24) is 14.7 Å². The lowest BCUT2D eigenvalue weighted by Gasteiger charge is -2.35. The Morgan fingerprint density at radius 1 is 1.55 bits per heavy atom. The third kappa shape index (κ3) is 2.69. The predicted molar refractivity (Wildman–Crippen MR) is 82.5 cm³/mol. The normalized spacial score (nSPS) is 22.2. The smallest absolute Gasteiger partial charge is 0.237 e. The second-order valence-corrected chi connectivity index (χ2v) is 7.33. The molecule has 1 atom stereocenters. The molecule has 4 nitrogen and oxygen atoms in total. The maximum absolute atomic E-state index is 5.40. The van der Waals surface area contributed by atoms with E-state index in [-0.39, 0.29) is 0 Å². The number of nitrogens with zero attached hydrogens (tertiary/aromatic N) is 2. The fourth-order valence-corrected chi connectivity index (χ4v) is 3.97. The van der Waals surface area contributed by atoms with E-state index < -0.39 is 0 Å². The zero-order chi connectivity index (χ0) is 14.2. The summed E-state index contributed by atoms with van der Waals surface area (Å²) in [6.45, 7) is 5.57. The van der Waals surface area contributed by atoms with E-state index in [1.165, 1.54) is 25.7 Å². The molecule has 0 radical (unpaired) electrons. The second kappa shape index (κ2) is 5.37. The molecule has 110 valence electrons. The molecule has 1 aliphatic rings. The number of fused-ring (bicyclic) bond motifs is 1. The standard InChI is InChI=1S/C15H23N3OS/c1-15(2)6-4-5-11(9-15)16-10-12-13(19-3)17-14-18(12)7-8-20-14/h7-8,11,16H,4-6,9-10H2,1-3H3. The largest absolute Gasteiger partial charge is 0.480 e. The Labute approximate surface area is 124 Å². The fraction of sp³-hybridized carbons (Fsp3) is 0.667. The summed E-state index contributed by atoms with van der Waals surface area (Å²) in [6, 6.07) is 0.604. The Balaban J connectivity index is 1.71. The summed E-state index contributed by atoms with van der Waals surface area (Å²) < 4.78 is 7.53. The number of hydrogen-bond acceptors (Lipinski definition) is 4. The number of methoxy groups -OCH3 is 1. The summed E-state index contributed by atoms with van der Waals surface area (Å²) in [5, 5.41) is 5.76. The minimum absolute atomic E-state index is 0.467. The van der Waals surface area contributed by atoms with Crippen molar-refractivity contribution in [3.05, 3.63) is 17.3 Å². The maximum atomic E-state index is 5.40. The zero-order valence-corrected chi connectivity index (χ0v) is 13.3. The molecule has 2 aromatic rings. The van der Waals surface area contributed by atoms with Crippen LogP contribution in [0.15, 0.2) is 11.6 Å². The van der Waals surface area contributed by atoms with Gasteiger partial charge in [0.25, 0.3) is 0 Å². The van der Waals surface area contributed by atoms with Crippen molar-refractivity contribution < 1.29 is 4.74 Å². The summed E-state index contributed by atoms with van der Waals surface area (Å²) in [6.07, 6.45) is 7.26. The van der Waals surface area contributed by atoms with E-state index in [0.29, 0.717) is 11.5 Å². The highest BCUT2D eigenvalue weighted by atomic mass is 32.1. The third-order valence-electron chi connectivity index (χ3n) is 4.28. The molecular formula is C15H23N3OS. The van der Waals surface area contributed by atoms with Crippen LogP contribution in [0.25, 0.3) is 4.96 Å². The lowest BCUT2D eigenvalue weighted by Crippen LogP contribution is -2.37. The fourth-order valence-electron chi connectivity index (χ4n) is 3.25. The molecule has 0 saturated heterocycles. The third-order valence-corrected chi connectivity index (χ3v) is 5.04. The molecule has 1 unspecified atom stereocenters. The van der Waals surface area contributed by atoms with Gasteiger partial charge in [0.05, 0.1) is 7.11 Å². The Morgan fingerprint density at radius 2 is 2.40 bits per heavy atom. The van der Waals surface area contributed by atoms with Gasteiger partial charge in [0, 0.05) is 24.2 Å². The second-order valence-electron chi connectivity index (χ2n) is 6.46. The molecule has 0 aromatic carbocycles. The number of aromatic nitrogens is 2. The quantitative estimate of drug-likeness (QED) is 0.938. The number of nitrogens with one attached hydrogen (secondary N) is 1. The van der Waals surface area contributed by atoms with Gasteiger partial charge in [-0.1, -0.05) is 20.3 Å². The van der Waals surface area contributed by atoms with E-state index in [4.69, 9.17) is 4.74 Å². The number of rotatable bonds is 4. The van der Waals surface area contributed by atoms with Gasteiger partial charge in [-0.25, -0.2) is 0 Å². The van der Waals surface area contributed by atoms with E-state index >= 15 is 0 Å². The molecule has 3 rings (SSSR count). The molecule has 1 N–H and O–H groups in total. The van der Waals surface area contributed by atoms with E-state index in [0.717, 1.165) is 23.1 Å². The molecule has 20 heavy (non-hydrogen) atoms. The Hall–Kier alpha value is -1.07. The zero-order valence-electron chi connectivity index (χ0n) is 12.5. The minimum Gasteiger partial charge on any atom is -0.480 e. The van der Waals surface area contributed by atoms with Crippen molar-refractivity contribution in [3.8, 4) is 5.88 Å². The Kier molecular flexibility index (Phi) is 3.73. The SMILES string of the molecule is COc1nc2sccn2c1CNC1CCCC(C)(C)C1. The topological polar surface area (TPSA) is 38.6 Å². The molecule has 1 saturated carbocycles. The van der Waals surface area contributed by atoms with Gasteiger partial charge in [0.15, 0.2) is 4.96 Å². The van der Waals surface area contributed by atoms with Crippen molar-refractivity contribution in [2.75, 3.05) is 7.11 Å². The Bertz CT molecular complexity index is 587. The molecule has 0 aliphatic heterocycles. The molecule has 2 aromatic heterocycles. The van der Waals surface area contributed by atoms with Crippen LogP contribution in [0, 0.1) is 5.41 Å². The minimum atomic E-state index is 0.467. The van der Waals surface area contributed by atoms with Crippen molar-refractivity contribution >= 4 is 16.3 Å². The molecule has 0 bridgehead atoms. The predicted octanol–water partition coefficient (Wildman–Crippen LogP) is 3.46. The summed E-state index contributed by atoms with van der Waals surface area (Å²) in [5.41, 5.74) is 1.60. The Morgan fingerprint density at radius 3 is 3.15 bits per heavy atom. The highest BCUT2D eigenvalue weighted by Crippen LogP contribution is 2.35. The van der Waals surface area contributed by atoms with Gasteiger partial charge in [0.1, 0.15) is 5.69 Å². The van der Waals surface area contributed by atoms with Gasteiger partial charge in [-0.05, 0) is 24.7 Å². The summed E-state index contributed by atoms with van der Waals surface area (Å²) >= 11 is 1.64. The van der Waals surface area contributed by atoms with Crippen LogP contribution in [0.1, 0.15) is 45.2 Å². The van der Waals surface area contributed by atoms with Crippen molar-refractivity contribution in [2.24, 2.45) is 5.41 Å². The monoisotopic (exact) mass is 293 g/mol. The average Bonchev–Trinajstić information content (AvgIpc) is 2.95. The summed E-state index contributed by atoms with van der Waals surface area (Å²) in [7, 11) is 1.69. The van der Waals surface area contributed by atoms with Crippen LogP contribution in [-0.2, 0) is 6.54 Å². The first-order valence-corrected chi connectivity index (χ1v) is 8.19. The average molecular weight is 293 g/mol. The molecule has 1 fully saturated rings. The van der Waals surface area contributed by atoms with E-state index in [1.807, 2.05) is 0 Å². The molecule has 0 spiro atoms. The number of ether oxygens (including phenoxy) is 1. The van der Waals surface area contributed by atoms with Gasteiger partial charge in [-0.3, -0.25) is 4.40 Å². The van der Waals surface area contributed by atoms with Crippen LogP contribution in [0.2, 0.25) is 0 Å². The summed E-state index contributed by atoms with van der Waals surface area (Å²) in [5.74, 6) is 0.749. The van der Waals surface area contributed by atoms with E-state index in [2.05, 4.69) is 40.1 Å². The lowest BCUT2D eigenvalue weighted by atomic mass is 9.75. The first kappa shape index (κ1) is 13.9. The van der Waals surface area contributed by atoms with Crippen LogP contribution in [0.4, 0.5) is 0 Å². The van der Waals surface area contributed by atoms with Gasteiger partial charge >= 0.3 is 0 Å². The molecule has 0 amide bonds. The van der Waals surface area contributed by atoms with Gasteiger partial charge in [-0.2, -0.15) is 4.98 Å². The van der Waals surface area contributed by atoms with Crippen LogP contribution in [0.5, 0.6) is 5.88 Å². The highest BCUT2D eigenvalue weighted by molar-refractivity contribution is 7.15. The summed E-state index contributed by atoms with van der Waals surface area (Å²) in [4.78, 5) is 5.51. The molecule has 5 heteroatoms. The van der Waals surface area contributed by atoms with Crippen molar-refractivity contribution in [1.29, 1.82) is 0 Å². The first-order valence-electron chi connectivity index (χ1n) is 7.31. The van der Waals surface area contributed by atoms with Crippen LogP contribution in [-0.4, -0.2) is 22.5 Å². The number of hydrogen-bond donors (Lipinski definition) is 1. The van der Waals surface area contributed by atoms with Crippen molar-refractivity contribution in [2.45, 2.75) is 52.1 Å². The van der Waals surface area contributed by atoms with Gasteiger partial charge < -0.3 is 10.1 Å². The van der Waals surface area contributed by atoms with Gasteiger partial charge in [-0.15, -0.1) is 11.3 Å². The first-order chi connectivity index (χ1) is 9.59. The van der Waals surface area contributed by atoms with Gasteiger partial charge in [0.2, 0.25) is 5.88 Å². The highest BCUT2D eigenvalue weighted by Gasteiger charge is 2.28. The number of imidazole rings is 1. The van der Waals surface area contributed by atoms with Crippen molar-refractivity contribution in [3.63, 3.8) is 0 Å². The maximum Gasteiger partial charge on any atom is 0.237 e. The number of thiazole rings is 1. The molecular weight excluding hydrogens is 270 g/mol. The molecule has 2 heterocycles. The van der Waals surface area contributed by atoms with Crippen LogP contribution >= 0.6 is 11.3 Å². The van der Waals surface area contributed by atoms with Crippen LogP contribution in [0.3, 0.4) is 0 Å². The van der Waals surface area contributed by atoms with E-state index in [1.54, 1.807) is 18.4 Å². The van der Waals surface area contributed by atoms with Crippen LogP contribution < -0.4 is 10.1 Å².